The highest BCUT2D eigenvalue weighted by atomic mass is 19.1. The summed E-state index contributed by atoms with van der Waals surface area (Å²) in [7, 11) is 0. The second-order valence-electron chi connectivity index (χ2n) is 3.30. The molecule has 0 atom stereocenters. The van der Waals surface area contributed by atoms with Gasteiger partial charge in [-0.3, -0.25) is 9.59 Å². The number of Topliss-reactive ketones (excluding diaryl/α,β-unsaturated/α-hetero) is 1. The molecule has 0 aliphatic carbocycles. The lowest BCUT2D eigenvalue weighted by Gasteiger charge is -2.04. The fraction of sp³-hybridized carbons (Fsp3) is 0.273. The largest absolute Gasteiger partial charge is 0.349 e. The van der Waals surface area contributed by atoms with Crippen LogP contribution < -0.4 is 5.32 Å². The Morgan fingerprint density at radius 1 is 1.31 bits per heavy atom. The number of carbonyl (C=O) groups excluding carboxylic acids is 2. The van der Waals surface area contributed by atoms with E-state index in [1.807, 2.05) is 0 Å². The van der Waals surface area contributed by atoms with Crippen molar-refractivity contribution < 1.29 is 18.4 Å². The molecule has 0 aliphatic heterocycles. The standard InChI is InChI=1S/C11H11F2NO2/c1-7(15)11(16)14-5-4-8-6-9(12)2-3-10(8)13/h2-3,6H,4-5H2,1H3,(H,14,16). The average Bonchev–Trinajstić information content (AvgIpc) is 2.22. The second kappa shape index (κ2) is 5.34. The number of hydrogen-bond donors (Lipinski definition) is 1. The topological polar surface area (TPSA) is 46.2 Å². The zero-order valence-corrected chi connectivity index (χ0v) is 8.72. The summed E-state index contributed by atoms with van der Waals surface area (Å²) in [6, 6.07) is 3.11. The van der Waals surface area contributed by atoms with Crippen molar-refractivity contribution in [3.63, 3.8) is 0 Å². The Hall–Kier alpha value is -1.78. The molecule has 1 amide bonds. The van der Waals surface area contributed by atoms with E-state index < -0.39 is 23.3 Å². The Bertz CT molecular complexity index is 418. The molecular formula is C11H11F2NO2. The maximum atomic E-state index is 13.1. The van der Waals surface area contributed by atoms with Gasteiger partial charge in [0.05, 0.1) is 0 Å². The molecule has 0 heterocycles. The molecule has 3 nitrogen and oxygen atoms in total. The van der Waals surface area contributed by atoms with Gasteiger partial charge in [0.1, 0.15) is 11.6 Å². The molecule has 0 bridgehead atoms. The molecular weight excluding hydrogens is 216 g/mol. The minimum Gasteiger partial charge on any atom is -0.349 e. The number of ketones is 1. The number of nitrogens with one attached hydrogen (secondary N) is 1. The van der Waals surface area contributed by atoms with Crippen LogP contribution in [0.5, 0.6) is 0 Å². The first-order valence-electron chi connectivity index (χ1n) is 4.73. The molecule has 0 saturated carbocycles. The molecule has 16 heavy (non-hydrogen) atoms. The van der Waals surface area contributed by atoms with Crippen LogP contribution in [0.15, 0.2) is 18.2 Å². The van der Waals surface area contributed by atoms with Crippen LogP contribution in [0.25, 0.3) is 0 Å². The van der Waals surface area contributed by atoms with Gasteiger partial charge in [-0.1, -0.05) is 0 Å². The molecule has 1 aromatic rings. The van der Waals surface area contributed by atoms with E-state index in [1.54, 1.807) is 0 Å². The first-order valence-corrected chi connectivity index (χ1v) is 4.73. The minimum atomic E-state index is -0.725. The number of benzene rings is 1. The van der Waals surface area contributed by atoms with Crippen LogP contribution in [0.1, 0.15) is 12.5 Å². The Kier molecular flexibility index (Phi) is 4.10. The summed E-state index contributed by atoms with van der Waals surface area (Å²) in [5, 5.41) is 2.30. The Morgan fingerprint density at radius 2 is 2.00 bits per heavy atom. The summed E-state index contributed by atoms with van der Waals surface area (Å²) >= 11 is 0. The average molecular weight is 227 g/mol. The molecule has 86 valence electrons. The van der Waals surface area contributed by atoms with Crippen LogP contribution in [-0.2, 0) is 16.0 Å². The zero-order chi connectivity index (χ0) is 12.1. The summed E-state index contributed by atoms with van der Waals surface area (Å²) < 4.78 is 25.9. The summed E-state index contributed by atoms with van der Waals surface area (Å²) in [6.45, 7) is 1.23. The van der Waals surface area contributed by atoms with E-state index in [-0.39, 0.29) is 18.5 Å². The lowest BCUT2D eigenvalue weighted by atomic mass is 10.1. The molecule has 0 aliphatic rings. The van der Waals surface area contributed by atoms with E-state index in [2.05, 4.69) is 5.32 Å². The summed E-state index contributed by atoms with van der Waals surface area (Å²) in [6.07, 6.45) is 0.141. The van der Waals surface area contributed by atoms with Crippen molar-refractivity contribution in [2.24, 2.45) is 0 Å². The van der Waals surface area contributed by atoms with Crippen LogP contribution in [0, 0.1) is 11.6 Å². The van der Waals surface area contributed by atoms with Gasteiger partial charge in [0.2, 0.25) is 5.78 Å². The van der Waals surface area contributed by atoms with Gasteiger partial charge in [-0.05, 0) is 30.2 Å². The van der Waals surface area contributed by atoms with Crippen molar-refractivity contribution in [2.75, 3.05) is 6.54 Å². The second-order valence-corrected chi connectivity index (χ2v) is 3.30. The number of carbonyl (C=O) groups is 2. The number of hydrogen-bond acceptors (Lipinski definition) is 2. The Morgan fingerprint density at radius 3 is 2.62 bits per heavy atom. The monoisotopic (exact) mass is 227 g/mol. The highest BCUT2D eigenvalue weighted by Crippen LogP contribution is 2.09. The highest BCUT2D eigenvalue weighted by Gasteiger charge is 2.07. The Balaban J connectivity index is 2.52. The van der Waals surface area contributed by atoms with Crippen molar-refractivity contribution in [3.05, 3.63) is 35.4 Å². The maximum Gasteiger partial charge on any atom is 0.287 e. The first-order chi connectivity index (χ1) is 7.50. The zero-order valence-electron chi connectivity index (χ0n) is 8.72. The smallest absolute Gasteiger partial charge is 0.287 e. The first kappa shape index (κ1) is 12.3. The lowest BCUT2D eigenvalue weighted by Crippen LogP contribution is -2.31. The van der Waals surface area contributed by atoms with Crippen molar-refractivity contribution >= 4 is 11.7 Å². The van der Waals surface area contributed by atoms with Crippen LogP contribution >= 0.6 is 0 Å². The molecule has 1 N–H and O–H groups in total. The van der Waals surface area contributed by atoms with Gasteiger partial charge in [-0.15, -0.1) is 0 Å². The SMILES string of the molecule is CC(=O)C(=O)NCCc1cc(F)ccc1F. The summed E-state index contributed by atoms with van der Waals surface area (Å²) in [5.74, 6) is -2.40. The number of rotatable bonds is 4. The van der Waals surface area contributed by atoms with E-state index in [4.69, 9.17) is 0 Å². The molecule has 0 unspecified atom stereocenters. The molecule has 1 aromatic carbocycles. The van der Waals surface area contributed by atoms with Gasteiger partial charge in [0.15, 0.2) is 0 Å². The predicted molar refractivity (Wildman–Crippen MR) is 53.8 cm³/mol. The maximum absolute atomic E-state index is 13.1. The molecule has 1 rings (SSSR count). The number of amides is 1. The molecule has 0 saturated heterocycles. The lowest BCUT2D eigenvalue weighted by molar-refractivity contribution is -0.136. The van der Waals surface area contributed by atoms with Crippen LogP contribution in [0.2, 0.25) is 0 Å². The quantitative estimate of drug-likeness (QED) is 0.786. The summed E-state index contributed by atoms with van der Waals surface area (Å²) in [4.78, 5) is 21.4. The fourth-order valence-electron chi connectivity index (χ4n) is 1.17. The molecule has 0 radical (unpaired) electrons. The van der Waals surface area contributed by atoms with E-state index in [0.717, 1.165) is 25.1 Å². The van der Waals surface area contributed by atoms with Crippen LogP contribution in [-0.4, -0.2) is 18.2 Å². The fourth-order valence-corrected chi connectivity index (χ4v) is 1.17. The number of halogens is 2. The third-order valence-corrected chi connectivity index (χ3v) is 2.01. The Labute approximate surface area is 91.5 Å². The van der Waals surface area contributed by atoms with Crippen molar-refractivity contribution in [1.82, 2.24) is 5.32 Å². The predicted octanol–water partition coefficient (Wildman–Crippen LogP) is 1.21. The summed E-state index contributed by atoms with van der Waals surface area (Å²) in [5.41, 5.74) is 0.170. The minimum absolute atomic E-state index is 0.0960. The van der Waals surface area contributed by atoms with E-state index in [9.17, 15) is 18.4 Å². The molecule has 0 aromatic heterocycles. The molecule has 0 spiro atoms. The van der Waals surface area contributed by atoms with E-state index in [0.29, 0.717) is 0 Å². The van der Waals surface area contributed by atoms with Gasteiger partial charge >= 0.3 is 0 Å². The third kappa shape index (κ3) is 3.42. The van der Waals surface area contributed by atoms with Crippen molar-refractivity contribution in [2.45, 2.75) is 13.3 Å². The highest BCUT2D eigenvalue weighted by molar-refractivity contribution is 6.35. The molecule has 0 fully saturated rings. The van der Waals surface area contributed by atoms with Gasteiger partial charge < -0.3 is 5.32 Å². The molecule has 5 heteroatoms. The van der Waals surface area contributed by atoms with Crippen LogP contribution in [0.4, 0.5) is 8.78 Å². The van der Waals surface area contributed by atoms with Gasteiger partial charge in [0, 0.05) is 13.5 Å². The third-order valence-electron chi connectivity index (χ3n) is 2.01. The van der Waals surface area contributed by atoms with E-state index in [1.165, 1.54) is 0 Å². The van der Waals surface area contributed by atoms with Gasteiger partial charge in [0.25, 0.3) is 5.91 Å². The van der Waals surface area contributed by atoms with Gasteiger partial charge in [-0.25, -0.2) is 8.78 Å². The normalized spacial score (nSPS) is 9.94. The van der Waals surface area contributed by atoms with Crippen LogP contribution in [0.3, 0.4) is 0 Å². The van der Waals surface area contributed by atoms with Gasteiger partial charge in [-0.2, -0.15) is 0 Å². The van der Waals surface area contributed by atoms with E-state index >= 15 is 0 Å². The van der Waals surface area contributed by atoms with Crippen molar-refractivity contribution in [1.29, 1.82) is 0 Å². The van der Waals surface area contributed by atoms with Crippen molar-refractivity contribution in [3.8, 4) is 0 Å².